The number of benzene rings is 1. The highest BCUT2D eigenvalue weighted by molar-refractivity contribution is 6.19. The lowest BCUT2D eigenvalue weighted by molar-refractivity contribution is 0.0951. The lowest BCUT2D eigenvalue weighted by atomic mass is 9.91. The van der Waals surface area contributed by atoms with Gasteiger partial charge in [-0.2, -0.15) is 0 Å². The first-order chi connectivity index (χ1) is 15.9. The van der Waals surface area contributed by atoms with E-state index in [9.17, 15) is 14.7 Å². The third-order valence-electron chi connectivity index (χ3n) is 5.35. The van der Waals surface area contributed by atoms with Crippen LogP contribution in [0.4, 0.5) is 0 Å². The van der Waals surface area contributed by atoms with Crippen LogP contribution in [0.1, 0.15) is 44.2 Å². The van der Waals surface area contributed by atoms with Gasteiger partial charge in [0.15, 0.2) is 34.6 Å². The Bertz CT molecular complexity index is 1230. The number of ketones is 2. The second-order valence-electron chi connectivity index (χ2n) is 7.16. The van der Waals surface area contributed by atoms with Crippen LogP contribution in [0.25, 0.3) is 5.76 Å². The van der Waals surface area contributed by atoms with E-state index in [4.69, 9.17) is 23.4 Å². The number of ether oxygens (including phenoxy) is 4. The van der Waals surface area contributed by atoms with Crippen LogP contribution in [0.2, 0.25) is 0 Å². The van der Waals surface area contributed by atoms with Crippen molar-refractivity contribution < 1.29 is 38.1 Å². The van der Waals surface area contributed by atoms with Crippen LogP contribution >= 0.6 is 0 Å². The van der Waals surface area contributed by atoms with Gasteiger partial charge in [-0.1, -0.05) is 0 Å². The number of furan rings is 1. The van der Waals surface area contributed by atoms with Gasteiger partial charge in [0.1, 0.15) is 11.5 Å². The number of carbonyl (C=O) groups excluding carboxylic acids is 2. The van der Waals surface area contributed by atoms with Crippen LogP contribution in [0.3, 0.4) is 0 Å². The summed E-state index contributed by atoms with van der Waals surface area (Å²) in [6, 6.07) is 2.99. The summed E-state index contributed by atoms with van der Waals surface area (Å²) in [5, 5.41) is 10.6. The Balaban J connectivity index is 1.92. The van der Waals surface area contributed by atoms with Gasteiger partial charge in [0.2, 0.25) is 5.75 Å². The van der Waals surface area contributed by atoms with Crippen molar-refractivity contribution in [3.05, 3.63) is 64.8 Å². The number of imidazole rings is 1. The molecule has 10 nitrogen and oxygen atoms in total. The normalized spacial score (nSPS) is 13.0. The van der Waals surface area contributed by atoms with Gasteiger partial charge in [0, 0.05) is 18.0 Å². The third-order valence-corrected chi connectivity index (χ3v) is 5.35. The van der Waals surface area contributed by atoms with Crippen molar-refractivity contribution in [2.24, 2.45) is 0 Å². The van der Waals surface area contributed by atoms with Crippen LogP contribution in [0, 0.1) is 0 Å². The van der Waals surface area contributed by atoms with Crippen molar-refractivity contribution in [3.8, 4) is 17.2 Å². The topological polar surface area (TPSA) is 122 Å². The Hall–Kier alpha value is -4.21. The maximum absolute atomic E-state index is 13.7. The van der Waals surface area contributed by atoms with Crippen LogP contribution in [0.15, 0.2) is 41.0 Å². The molecule has 0 saturated carbocycles. The van der Waals surface area contributed by atoms with Gasteiger partial charge in [0.25, 0.3) is 0 Å². The molecule has 0 atom stereocenters. The van der Waals surface area contributed by atoms with Crippen molar-refractivity contribution in [3.63, 3.8) is 0 Å². The van der Waals surface area contributed by atoms with Crippen LogP contribution < -0.4 is 14.2 Å². The van der Waals surface area contributed by atoms with Gasteiger partial charge in [-0.05, 0) is 12.1 Å². The quantitative estimate of drug-likeness (QED) is 0.511. The molecule has 3 aromatic rings. The predicted molar refractivity (Wildman–Crippen MR) is 115 cm³/mol. The number of carbonyl (C=O) groups is 2. The number of fused-ring (bicyclic) bond motifs is 1. The number of hydrogen-bond acceptors (Lipinski definition) is 9. The summed E-state index contributed by atoms with van der Waals surface area (Å²) < 4.78 is 28.7. The summed E-state index contributed by atoms with van der Waals surface area (Å²) in [4.78, 5) is 30.7. The molecule has 10 heteroatoms. The first-order valence-corrected chi connectivity index (χ1v) is 9.89. The van der Waals surface area contributed by atoms with E-state index in [0.29, 0.717) is 5.75 Å². The van der Waals surface area contributed by atoms with Crippen molar-refractivity contribution in [1.82, 2.24) is 9.55 Å². The Labute approximate surface area is 189 Å². The highest BCUT2D eigenvalue weighted by Gasteiger charge is 2.37. The number of hydrogen-bond donors (Lipinski definition) is 1. The third kappa shape index (κ3) is 3.69. The summed E-state index contributed by atoms with van der Waals surface area (Å²) in [7, 11) is 5.68. The SMILES string of the molecule is COC1=C(O)c2oc(Cn3ccnc3)c(C(=O)c3cc(OC)c(OC)c(OC)c3)c2C(=O)C1. The molecule has 172 valence electrons. The zero-order valence-corrected chi connectivity index (χ0v) is 18.5. The van der Waals surface area contributed by atoms with E-state index in [-0.39, 0.29) is 64.2 Å². The summed E-state index contributed by atoms with van der Waals surface area (Å²) >= 11 is 0. The van der Waals surface area contributed by atoms with Gasteiger partial charge in [-0.15, -0.1) is 0 Å². The highest BCUT2D eigenvalue weighted by Crippen LogP contribution is 2.41. The fourth-order valence-electron chi connectivity index (χ4n) is 3.78. The maximum atomic E-state index is 13.7. The molecule has 0 saturated heterocycles. The number of methoxy groups -OCH3 is 4. The molecule has 0 bridgehead atoms. The van der Waals surface area contributed by atoms with E-state index >= 15 is 0 Å². The molecule has 33 heavy (non-hydrogen) atoms. The summed E-state index contributed by atoms with van der Waals surface area (Å²) in [6.07, 6.45) is 4.62. The van der Waals surface area contributed by atoms with Crippen LogP contribution in [-0.4, -0.2) is 54.7 Å². The molecule has 2 aromatic heterocycles. The molecule has 0 radical (unpaired) electrons. The number of aliphatic hydroxyl groups is 1. The molecular formula is C23H22N2O8. The largest absolute Gasteiger partial charge is 0.502 e. The molecule has 0 unspecified atom stereocenters. The van der Waals surface area contributed by atoms with Crippen LogP contribution in [0.5, 0.6) is 17.2 Å². The summed E-state index contributed by atoms with van der Waals surface area (Å²) in [5.41, 5.74) is 0.232. The van der Waals surface area contributed by atoms with Gasteiger partial charge in [-0.3, -0.25) is 9.59 Å². The Morgan fingerprint density at radius 2 is 1.82 bits per heavy atom. The Kier molecular flexibility index (Phi) is 5.82. The minimum atomic E-state index is -0.503. The molecule has 0 spiro atoms. The minimum absolute atomic E-state index is 0.00201. The number of rotatable bonds is 8. The molecule has 1 N–H and O–H groups in total. The monoisotopic (exact) mass is 454 g/mol. The standard InChI is InChI=1S/C23H22N2O8/c1-29-14-9-13(26)18-19(17(33-23(18)21(14)28)10-25-6-5-24-11-25)20(27)12-7-15(30-2)22(32-4)16(8-12)31-3/h5-8,11,28H,9-10H2,1-4H3. The van der Waals surface area contributed by atoms with Crippen molar-refractivity contribution in [2.75, 3.05) is 28.4 Å². The fourth-order valence-corrected chi connectivity index (χ4v) is 3.78. The average Bonchev–Trinajstić information content (AvgIpc) is 3.48. The van der Waals surface area contributed by atoms with E-state index in [1.165, 1.54) is 40.6 Å². The zero-order chi connectivity index (χ0) is 23.7. The van der Waals surface area contributed by atoms with Crippen molar-refractivity contribution in [2.45, 2.75) is 13.0 Å². The molecule has 1 aromatic carbocycles. The molecule has 0 fully saturated rings. The smallest absolute Gasteiger partial charge is 0.203 e. The van der Waals surface area contributed by atoms with E-state index in [1.54, 1.807) is 23.3 Å². The molecule has 1 aliphatic carbocycles. The average molecular weight is 454 g/mol. The first-order valence-electron chi connectivity index (χ1n) is 9.89. The highest BCUT2D eigenvalue weighted by atomic mass is 16.5. The lowest BCUT2D eigenvalue weighted by Gasteiger charge is -2.15. The lowest BCUT2D eigenvalue weighted by Crippen LogP contribution is -2.16. The zero-order valence-electron chi connectivity index (χ0n) is 18.5. The van der Waals surface area contributed by atoms with Crippen LogP contribution in [-0.2, 0) is 11.3 Å². The summed E-state index contributed by atoms with van der Waals surface area (Å²) in [5.74, 6) is -0.180. The van der Waals surface area contributed by atoms with E-state index in [1.807, 2.05) is 0 Å². The van der Waals surface area contributed by atoms with E-state index in [0.717, 1.165) is 0 Å². The summed E-state index contributed by atoms with van der Waals surface area (Å²) in [6.45, 7) is 0.112. The molecule has 2 heterocycles. The van der Waals surface area contributed by atoms with E-state index < -0.39 is 11.6 Å². The van der Waals surface area contributed by atoms with Gasteiger partial charge < -0.3 is 33.0 Å². The molecular weight excluding hydrogens is 432 g/mol. The fraction of sp³-hybridized carbons (Fsp3) is 0.261. The maximum Gasteiger partial charge on any atom is 0.203 e. The van der Waals surface area contributed by atoms with Crippen molar-refractivity contribution >= 4 is 17.3 Å². The number of aliphatic hydroxyl groups excluding tert-OH is 1. The molecule has 0 amide bonds. The number of Topliss-reactive ketones (excluding diaryl/α,β-unsaturated/α-hetero) is 1. The predicted octanol–water partition coefficient (Wildman–Crippen LogP) is 3.24. The number of aromatic nitrogens is 2. The van der Waals surface area contributed by atoms with Gasteiger partial charge >= 0.3 is 0 Å². The van der Waals surface area contributed by atoms with Gasteiger partial charge in [-0.25, -0.2) is 4.98 Å². The molecule has 1 aliphatic rings. The number of allylic oxidation sites excluding steroid dienone is 1. The molecule has 4 rings (SSSR count). The second kappa shape index (κ2) is 8.73. The van der Waals surface area contributed by atoms with Crippen molar-refractivity contribution in [1.29, 1.82) is 0 Å². The molecule has 0 aliphatic heterocycles. The Morgan fingerprint density at radius 1 is 1.12 bits per heavy atom. The van der Waals surface area contributed by atoms with E-state index in [2.05, 4.69) is 4.98 Å². The minimum Gasteiger partial charge on any atom is -0.502 e. The first kappa shape index (κ1) is 22.0. The Morgan fingerprint density at radius 3 is 2.36 bits per heavy atom. The number of nitrogens with zero attached hydrogens (tertiary/aromatic N) is 2. The van der Waals surface area contributed by atoms with Gasteiger partial charge in [0.05, 0.1) is 58.9 Å². The second-order valence-corrected chi connectivity index (χ2v) is 7.16.